The number of nitrogen functional groups attached to an aromatic ring is 1. The predicted octanol–water partition coefficient (Wildman–Crippen LogP) is 3.44. The molecular weight excluding hydrogens is 360 g/mol. The number of hydrogen-bond donors (Lipinski definition) is 2. The van der Waals surface area contributed by atoms with Crippen LogP contribution in [0.1, 0.15) is 21.5 Å². The van der Waals surface area contributed by atoms with Crippen LogP contribution in [0.4, 0.5) is 11.4 Å². The summed E-state index contributed by atoms with van der Waals surface area (Å²) in [7, 11) is 0. The van der Waals surface area contributed by atoms with Crippen LogP contribution in [0.25, 0.3) is 0 Å². The highest BCUT2D eigenvalue weighted by Crippen LogP contribution is 2.19. The Morgan fingerprint density at radius 1 is 1.13 bits per heavy atom. The minimum Gasteiger partial charge on any atom is -0.452 e. The molecule has 3 N–H and O–H groups in total. The lowest BCUT2D eigenvalue weighted by Gasteiger charge is -2.09. The molecule has 0 heterocycles. The summed E-state index contributed by atoms with van der Waals surface area (Å²) in [6.07, 6.45) is 0. The molecule has 0 fully saturated rings. The molecule has 0 saturated heterocycles. The van der Waals surface area contributed by atoms with Crippen molar-refractivity contribution >= 4 is 39.2 Å². The minimum absolute atomic E-state index is 0.221. The average molecular weight is 377 g/mol. The summed E-state index contributed by atoms with van der Waals surface area (Å²) in [5.41, 5.74) is 9.12. The first-order valence-electron chi connectivity index (χ1n) is 6.96. The van der Waals surface area contributed by atoms with Gasteiger partial charge in [-0.3, -0.25) is 4.79 Å². The van der Waals surface area contributed by atoms with E-state index in [9.17, 15) is 9.59 Å². The van der Waals surface area contributed by atoms with Crippen LogP contribution in [0.3, 0.4) is 0 Å². The Kier molecular flexibility index (Phi) is 5.39. The van der Waals surface area contributed by atoms with E-state index >= 15 is 0 Å². The zero-order chi connectivity index (χ0) is 17.0. The van der Waals surface area contributed by atoms with Crippen molar-refractivity contribution in [3.05, 3.63) is 57.6 Å². The molecule has 0 bridgehead atoms. The van der Waals surface area contributed by atoms with Crippen LogP contribution in [0.5, 0.6) is 0 Å². The molecule has 2 aromatic rings. The van der Waals surface area contributed by atoms with Gasteiger partial charge < -0.3 is 15.8 Å². The molecule has 0 aromatic heterocycles. The molecule has 0 saturated carbocycles. The first-order chi connectivity index (χ1) is 10.9. The number of amides is 1. The molecule has 23 heavy (non-hydrogen) atoms. The number of esters is 1. The number of nitrogens with one attached hydrogen (secondary N) is 1. The van der Waals surface area contributed by atoms with Gasteiger partial charge in [-0.05, 0) is 55.3 Å². The van der Waals surface area contributed by atoms with E-state index in [1.165, 1.54) is 0 Å². The van der Waals surface area contributed by atoms with Gasteiger partial charge in [0.15, 0.2) is 6.61 Å². The van der Waals surface area contributed by atoms with Crippen molar-refractivity contribution in [2.45, 2.75) is 13.8 Å². The van der Waals surface area contributed by atoms with Gasteiger partial charge in [0.25, 0.3) is 5.91 Å². The second-order valence-electron chi connectivity index (χ2n) is 5.15. The van der Waals surface area contributed by atoms with Gasteiger partial charge in [-0.25, -0.2) is 4.79 Å². The van der Waals surface area contributed by atoms with Gasteiger partial charge in [0, 0.05) is 15.8 Å². The monoisotopic (exact) mass is 376 g/mol. The van der Waals surface area contributed by atoms with E-state index in [0.29, 0.717) is 15.8 Å². The van der Waals surface area contributed by atoms with Crippen molar-refractivity contribution in [3.8, 4) is 0 Å². The lowest BCUT2D eigenvalue weighted by atomic mass is 10.1. The highest BCUT2D eigenvalue weighted by Gasteiger charge is 2.14. The third kappa shape index (κ3) is 4.56. The molecule has 0 aliphatic carbocycles. The van der Waals surface area contributed by atoms with E-state index in [1.54, 1.807) is 24.3 Å². The standard InChI is InChI=1S/C17H17BrN2O3/c1-10-3-5-13(7-11(10)2)20-16(21)9-23-17(22)14-8-12(18)4-6-15(14)19/h3-8H,9,19H2,1-2H3,(H,20,21). The maximum absolute atomic E-state index is 12.0. The average Bonchev–Trinajstić information content (AvgIpc) is 2.51. The Balaban J connectivity index is 1.94. The molecule has 120 valence electrons. The number of hydrogen-bond acceptors (Lipinski definition) is 4. The maximum Gasteiger partial charge on any atom is 0.340 e. The summed E-state index contributed by atoms with van der Waals surface area (Å²) >= 11 is 3.26. The zero-order valence-corrected chi connectivity index (χ0v) is 14.4. The number of carbonyl (C=O) groups excluding carboxylic acids is 2. The fourth-order valence-corrected chi connectivity index (χ4v) is 2.29. The van der Waals surface area contributed by atoms with Crippen molar-refractivity contribution in [3.63, 3.8) is 0 Å². The summed E-state index contributed by atoms with van der Waals surface area (Å²) in [6, 6.07) is 10.4. The number of benzene rings is 2. The largest absolute Gasteiger partial charge is 0.452 e. The van der Waals surface area contributed by atoms with E-state index in [-0.39, 0.29) is 12.2 Å². The molecule has 6 heteroatoms. The van der Waals surface area contributed by atoms with Gasteiger partial charge in [0.1, 0.15) is 0 Å². The van der Waals surface area contributed by atoms with Crippen molar-refractivity contribution in [2.24, 2.45) is 0 Å². The number of ether oxygens (including phenoxy) is 1. The number of aryl methyl sites for hydroxylation is 2. The normalized spacial score (nSPS) is 10.2. The molecule has 0 spiro atoms. The van der Waals surface area contributed by atoms with Crippen molar-refractivity contribution < 1.29 is 14.3 Å². The van der Waals surface area contributed by atoms with Crippen LogP contribution in [-0.2, 0) is 9.53 Å². The summed E-state index contributed by atoms with van der Waals surface area (Å²) in [4.78, 5) is 23.8. The van der Waals surface area contributed by atoms with E-state index in [0.717, 1.165) is 11.1 Å². The third-order valence-electron chi connectivity index (χ3n) is 3.36. The molecular formula is C17H17BrN2O3. The Bertz CT molecular complexity index is 759. The number of nitrogens with two attached hydrogens (primary N) is 1. The van der Waals surface area contributed by atoms with E-state index in [4.69, 9.17) is 10.5 Å². The van der Waals surface area contributed by atoms with Gasteiger partial charge in [0.05, 0.1) is 5.56 Å². The van der Waals surface area contributed by atoms with E-state index < -0.39 is 11.9 Å². The van der Waals surface area contributed by atoms with Crippen molar-refractivity contribution in [1.29, 1.82) is 0 Å². The van der Waals surface area contributed by atoms with Gasteiger partial charge in [-0.1, -0.05) is 22.0 Å². The van der Waals surface area contributed by atoms with Crippen molar-refractivity contribution in [2.75, 3.05) is 17.7 Å². The summed E-state index contributed by atoms with van der Waals surface area (Å²) in [5, 5.41) is 2.69. The molecule has 0 aliphatic rings. The van der Waals surface area contributed by atoms with Gasteiger partial charge in [0.2, 0.25) is 0 Å². The van der Waals surface area contributed by atoms with Crippen LogP contribution < -0.4 is 11.1 Å². The molecule has 2 aromatic carbocycles. The summed E-state index contributed by atoms with van der Waals surface area (Å²) in [5.74, 6) is -1.05. The lowest BCUT2D eigenvalue weighted by Crippen LogP contribution is -2.21. The molecule has 2 rings (SSSR count). The summed E-state index contributed by atoms with van der Waals surface area (Å²) < 4.78 is 5.71. The fourth-order valence-electron chi connectivity index (χ4n) is 1.93. The first-order valence-corrected chi connectivity index (χ1v) is 7.75. The molecule has 0 unspecified atom stereocenters. The van der Waals surface area contributed by atoms with E-state index in [2.05, 4.69) is 21.2 Å². The smallest absolute Gasteiger partial charge is 0.340 e. The fraction of sp³-hybridized carbons (Fsp3) is 0.176. The van der Waals surface area contributed by atoms with E-state index in [1.807, 2.05) is 26.0 Å². The van der Waals surface area contributed by atoms with Gasteiger partial charge in [-0.15, -0.1) is 0 Å². The third-order valence-corrected chi connectivity index (χ3v) is 3.85. The molecule has 1 amide bonds. The molecule has 0 radical (unpaired) electrons. The zero-order valence-electron chi connectivity index (χ0n) is 12.9. The van der Waals surface area contributed by atoms with Gasteiger partial charge in [-0.2, -0.15) is 0 Å². The maximum atomic E-state index is 12.0. The van der Waals surface area contributed by atoms with Crippen molar-refractivity contribution in [1.82, 2.24) is 0 Å². The van der Waals surface area contributed by atoms with Crippen LogP contribution in [0, 0.1) is 13.8 Å². The summed E-state index contributed by atoms with van der Waals surface area (Å²) in [6.45, 7) is 3.57. The second-order valence-corrected chi connectivity index (χ2v) is 6.07. The topological polar surface area (TPSA) is 81.4 Å². The highest BCUT2D eigenvalue weighted by molar-refractivity contribution is 9.10. The molecule has 0 aliphatic heterocycles. The Hall–Kier alpha value is -2.34. The number of anilines is 2. The minimum atomic E-state index is -0.640. The highest BCUT2D eigenvalue weighted by atomic mass is 79.9. The lowest BCUT2D eigenvalue weighted by molar-refractivity contribution is -0.119. The van der Waals surface area contributed by atoms with Gasteiger partial charge >= 0.3 is 5.97 Å². The molecule has 5 nitrogen and oxygen atoms in total. The first kappa shape index (κ1) is 17.0. The number of halogens is 1. The van der Waals surface area contributed by atoms with Crippen LogP contribution in [0.15, 0.2) is 40.9 Å². The second kappa shape index (κ2) is 7.28. The van der Waals surface area contributed by atoms with Crippen LogP contribution in [0.2, 0.25) is 0 Å². The Labute approximate surface area is 143 Å². The van der Waals surface area contributed by atoms with Crippen LogP contribution in [-0.4, -0.2) is 18.5 Å². The SMILES string of the molecule is Cc1ccc(NC(=O)COC(=O)c2cc(Br)ccc2N)cc1C. The number of rotatable bonds is 4. The molecule has 0 atom stereocenters. The predicted molar refractivity (Wildman–Crippen MR) is 93.4 cm³/mol. The Morgan fingerprint density at radius 2 is 1.87 bits per heavy atom. The Morgan fingerprint density at radius 3 is 2.57 bits per heavy atom. The van der Waals surface area contributed by atoms with Crippen LogP contribution >= 0.6 is 15.9 Å². The number of carbonyl (C=O) groups is 2. The quantitative estimate of drug-likeness (QED) is 0.632.